The van der Waals surface area contributed by atoms with Gasteiger partial charge in [0, 0.05) is 49.2 Å². The lowest BCUT2D eigenvalue weighted by atomic mass is 9.93. The number of nitrogens with one attached hydrogen (secondary N) is 2. The SMILES string of the molecule is O=C1S/C(=C(/Cc2ccc(Cl)cc2C(F)(F)F)c2ccc3[nH]ncc3c2)C(=O)N1CCN1CCN[C@@H](CO)C1. The molecule has 2 aliphatic rings. The minimum atomic E-state index is -4.66. The molecule has 0 aliphatic carbocycles. The van der Waals surface area contributed by atoms with Crippen molar-refractivity contribution in [2.75, 3.05) is 39.3 Å². The number of nitrogens with zero attached hydrogens (tertiary/aromatic N) is 3. The molecule has 1 atom stereocenters. The number of halogens is 4. The number of carbonyl (C=O) groups is 2. The molecule has 2 aliphatic heterocycles. The lowest BCUT2D eigenvalue weighted by Gasteiger charge is -2.33. The number of hydrogen-bond donors (Lipinski definition) is 3. The summed E-state index contributed by atoms with van der Waals surface area (Å²) in [5.74, 6) is -0.538. The number of amides is 2. The van der Waals surface area contributed by atoms with Gasteiger partial charge in [-0.1, -0.05) is 23.7 Å². The van der Waals surface area contributed by atoms with E-state index >= 15 is 0 Å². The quantitative estimate of drug-likeness (QED) is 0.362. The van der Waals surface area contributed by atoms with E-state index in [4.69, 9.17) is 11.6 Å². The predicted molar refractivity (Wildman–Crippen MR) is 143 cm³/mol. The first-order valence-electron chi connectivity index (χ1n) is 12.3. The Kier molecular flexibility index (Phi) is 8.01. The van der Waals surface area contributed by atoms with Gasteiger partial charge in [0.1, 0.15) is 0 Å². The first-order valence-corrected chi connectivity index (χ1v) is 13.5. The zero-order valence-corrected chi connectivity index (χ0v) is 22.2. The Labute approximate surface area is 231 Å². The first-order chi connectivity index (χ1) is 18.6. The highest BCUT2D eigenvalue weighted by molar-refractivity contribution is 8.18. The van der Waals surface area contributed by atoms with Crippen LogP contribution in [0.3, 0.4) is 0 Å². The van der Waals surface area contributed by atoms with E-state index in [0.717, 1.165) is 28.2 Å². The highest BCUT2D eigenvalue weighted by atomic mass is 35.5. The molecule has 0 saturated carbocycles. The monoisotopic (exact) mass is 579 g/mol. The van der Waals surface area contributed by atoms with Crippen molar-refractivity contribution in [3.63, 3.8) is 0 Å². The van der Waals surface area contributed by atoms with Crippen LogP contribution in [-0.4, -0.2) is 81.6 Å². The van der Waals surface area contributed by atoms with E-state index < -0.39 is 22.9 Å². The normalized spacial score (nSPS) is 20.3. The summed E-state index contributed by atoms with van der Waals surface area (Å²) in [5.41, 5.74) is 0.612. The largest absolute Gasteiger partial charge is 0.416 e. The zero-order chi connectivity index (χ0) is 27.7. The van der Waals surface area contributed by atoms with Crippen LogP contribution >= 0.6 is 23.4 Å². The molecule has 0 bridgehead atoms. The Morgan fingerprint density at radius 1 is 1.18 bits per heavy atom. The molecule has 2 amide bonds. The van der Waals surface area contributed by atoms with Gasteiger partial charge < -0.3 is 10.4 Å². The Morgan fingerprint density at radius 3 is 2.77 bits per heavy atom. The summed E-state index contributed by atoms with van der Waals surface area (Å²) >= 11 is 6.62. The van der Waals surface area contributed by atoms with Crippen molar-refractivity contribution < 1.29 is 27.9 Å². The maximum atomic E-state index is 13.9. The molecule has 0 unspecified atom stereocenters. The minimum Gasteiger partial charge on any atom is -0.395 e. The van der Waals surface area contributed by atoms with Crippen molar-refractivity contribution in [2.24, 2.45) is 0 Å². The lowest BCUT2D eigenvalue weighted by Crippen LogP contribution is -2.53. The van der Waals surface area contributed by atoms with Gasteiger partial charge in [-0.05, 0) is 59.1 Å². The van der Waals surface area contributed by atoms with Crippen LogP contribution in [-0.2, 0) is 17.4 Å². The molecule has 3 N–H and O–H groups in total. The Balaban J connectivity index is 1.50. The third-order valence-corrected chi connectivity index (χ3v) is 8.11. The molecule has 5 rings (SSSR count). The number of aromatic amines is 1. The zero-order valence-electron chi connectivity index (χ0n) is 20.6. The van der Waals surface area contributed by atoms with Crippen LogP contribution < -0.4 is 5.32 Å². The molecular formula is C26H25ClF3N5O3S. The van der Waals surface area contributed by atoms with Gasteiger partial charge in [0.05, 0.1) is 28.8 Å². The molecule has 3 heterocycles. The highest BCUT2D eigenvalue weighted by Crippen LogP contribution is 2.41. The summed E-state index contributed by atoms with van der Waals surface area (Å²) < 4.78 is 41.7. The molecule has 0 radical (unpaired) electrons. The number of carbonyl (C=O) groups excluding carboxylic acids is 2. The van der Waals surface area contributed by atoms with E-state index in [2.05, 4.69) is 20.4 Å². The number of fused-ring (bicyclic) bond motifs is 1. The summed E-state index contributed by atoms with van der Waals surface area (Å²) in [6.45, 7) is 2.50. The second kappa shape index (κ2) is 11.3. The van der Waals surface area contributed by atoms with E-state index in [9.17, 15) is 27.9 Å². The van der Waals surface area contributed by atoms with Crippen LogP contribution in [0.2, 0.25) is 5.02 Å². The van der Waals surface area contributed by atoms with Gasteiger partial charge in [-0.25, -0.2) is 0 Å². The summed E-state index contributed by atoms with van der Waals surface area (Å²) in [5, 5.41) is 19.6. The number of allylic oxidation sites excluding steroid dienone is 1. The predicted octanol–water partition coefficient (Wildman–Crippen LogP) is 4.15. The molecule has 39 heavy (non-hydrogen) atoms. The van der Waals surface area contributed by atoms with Crippen molar-refractivity contribution in [3.8, 4) is 0 Å². The van der Waals surface area contributed by atoms with Crippen molar-refractivity contribution >= 4 is 51.0 Å². The van der Waals surface area contributed by atoms with Gasteiger partial charge in [0.15, 0.2) is 0 Å². The van der Waals surface area contributed by atoms with E-state index in [1.54, 1.807) is 24.4 Å². The molecule has 2 fully saturated rings. The third kappa shape index (κ3) is 5.99. The number of alkyl halides is 3. The molecule has 2 aromatic carbocycles. The second-order valence-corrected chi connectivity index (χ2v) is 10.8. The van der Waals surface area contributed by atoms with E-state index in [1.807, 2.05) is 0 Å². The molecule has 1 aromatic heterocycles. The van der Waals surface area contributed by atoms with Crippen LogP contribution in [0.15, 0.2) is 47.5 Å². The average molecular weight is 580 g/mol. The molecule has 13 heteroatoms. The number of aliphatic hydroxyl groups is 1. The number of aliphatic hydroxyl groups excluding tert-OH is 1. The maximum Gasteiger partial charge on any atom is 0.416 e. The van der Waals surface area contributed by atoms with Crippen LogP contribution in [0.4, 0.5) is 18.0 Å². The standard InChI is InChI=1S/C26H25ClF3N5O3S/c27-18-3-1-16(21(11-18)26(28,29)30)10-20(15-2-4-22-17(9-15)12-32-33-22)23-24(37)35(25(38)39-23)8-7-34-6-5-31-19(13-34)14-36/h1-4,9,11-12,19,31,36H,5-8,10,13-14H2,(H,32,33)/b23-20-/t19-/m1/s1. The Morgan fingerprint density at radius 2 is 2.00 bits per heavy atom. The van der Waals surface area contributed by atoms with E-state index in [0.29, 0.717) is 42.7 Å². The lowest BCUT2D eigenvalue weighted by molar-refractivity contribution is -0.138. The van der Waals surface area contributed by atoms with Crippen LogP contribution in [0.25, 0.3) is 16.5 Å². The number of piperazine rings is 1. The van der Waals surface area contributed by atoms with Crippen LogP contribution in [0.1, 0.15) is 16.7 Å². The molecule has 3 aromatic rings. The van der Waals surface area contributed by atoms with Gasteiger partial charge in [-0.15, -0.1) is 0 Å². The first kappa shape index (κ1) is 27.7. The van der Waals surface area contributed by atoms with Crippen LogP contribution in [0.5, 0.6) is 0 Å². The minimum absolute atomic E-state index is 0.0181. The maximum absolute atomic E-state index is 13.9. The fourth-order valence-corrected chi connectivity index (χ4v) is 5.98. The average Bonchev–Trinajstić information content (AvgIpc) is 3.49. The summed E-state index contributed by atoms with van der Waals surface area (Å²) in [4.78, 5) is 29.8. The smallest absolute Gasteiger partial charge is 0.395 e. The molecular weight excluding hydrogens is 555 g/mol. The highest BCUT2D eigenvalue weighted by Gasteiger charge is 2.39. The third-order valence-electron chi connectivity index (χ3n) is 6.86. The van der Waals surface area contributed by atoms with Crippen molar-refractivity contribution in [3.05, 3.63) is 69.2 Å². The van der Waals surface area contributed by atoms with Crippen molar-refractivity contribution in [1.82, 2.24) is 25.3 Å². The number of imide groups is 1. The number of H-pyrrole nitrogens is 1. The topological polar surface area (TPSA) is 102 Å². The summed E-state index contributed by atoms with van der Waals surface area (Å²) in [6.07, 6.45) is -3.31. The van der Waals surface area contributed by atoms with Crippen molar-refractivity contribution in [1.29, 1.82) is 0 Å². The molecule has 2 saturated heterocycles. The Hall–Kier alpha value is -2.90. The second-order valence-electron chi connectivity index (χ2n) is 9.41. The fourth-order valence-electron chi connectivity index (χ4n) is 4.84. The van der Waals surface area contributed by atoms with Gasteiger partial charge >= 0.3 is 6.18 Å². The fraction of sp³-hybridized carbons (Fsp3) is 0.346. The van der Waals surface area contributed by atoms with Gasteiger partial charge in [0.25, 0.3) is 11.1 Å². The van der Waals surface area contributed by atoms with Gasteiger partial charge in [-0.2, -0.15) is 18.3 Å². The van der Waals surface area contributed by atoms with Crippen molar-refractivity contribution in [2.45, 2.75) is 18.6 Å². The number of thioether (sulfide) groups is 1. The molecule has 0 spiro atoms. The molecule has 206 valence electrons. The Bertz CT molecular complexity index is 1440. The number of hydrogen-bond acceptors (Lipinski definition) is 7. The van der Waals surface area contributed by atoms with Gasteiger partial charge in [-0.3, -0.25) is 24.5 Å². The summed E-state index contributed by atoms with van der Waals surface area (Å²) in [7, 11) is 0. The number of aromatic nitrogens is 2. The summed E-state index contributed by atoms with van der Waals surface area (Å²) in [6, 6.07) is 8.63. The van der Waals surface area contributed by atoms with E-state index in [-0.39, 0.29) is 41.1 Å². The number of benzene rings is 2. The van der Waals surface area contributed by atoms with Crippen LogP contribution in [0, 0.1) is 0 Å². The van der Waals surface area contributed by atoms with E-state index in [1.165, 1.54) is 12.1 Å². The molecule has 8 nitrogen and oxygen atoms in total. The number of rotatable bonds is 7. The van der Waals surface area contributed by atoms with Gasteiger partial charge in [0.2, 0.25) is 0 Å².